The summed E-state index contributed by atoms with van der Waals surface area (Å²) in [5.74, 6) is 0.310. The highest BCUT2D eigenvalue weighted by Gasteiger charge is 2.07. The van der Waals surface area contributed by atoms with Gasteiger partial charge in [0.25, 0.3) is 5.91 Å². The Kier molecular flexibility index (Phi) is 5.24. The van der Waals surface area contributed by atoms with Crippen LogP contribution in [0.25, 0.3) is 11.4 Å². The van der Waals surface area contributed by atoms with E-state index in [2.05, 4.69) is 25.9 Å². The number of aromatic nitrogens is 5. The number of nitrogens with one attached hydrogen (secondary N) is 1. The zero-order valence-corrected chi connectivity index (χ0v) is 15.8. The molecule has 0 fully saturated rings. The van der Waals surface area contributed by atoms with Crippen molar-refractivity contribution in [2.45, 2.75) is 6.54 Å². The zero-order chi connectivity index (χ0) is 20.1. The predicted octanol–water partition coefficient (Wildman–Crippen LogP) is 2.49. The Labute approximate surface area is 167 Å². The zero-order valence-electron chi connectivity index (χ0n) is 15.8. The van der Waals surface area contributed by atoms with Crippen LogP contribution in [-0.2, 0) is 13.6 Å². The summed E-state index contributed by atoms with van der Waals surface area (Å²) in [6.07, 6.45) is 3.52. The molecule has 1 amide bonds. The van der Waals surface area contributed by atoms with Crippen molar-refractivity contribution in [3.8, 4) is 11.4 Å². The molecule has 144 valence electrons. The molecule has 1 N–H and O–H groups in total. The quantitative estimate of drug-likeness (QED) is 0.408. The Bertz CT molecular complexity index is 1130. The smallest absolute Gasteiger partial charge is 0.271 e. The van der Waals surface area contributed by atoms with Crippen molar-refractivity contribution in [2.24, 2.45) is 12.1 Å². The van der Waals surface area contributed by atoms with Crippen molar-refractivity contribution < 1.29 is 4.79 Å². The van der Waals surface area contributed by atoms with Crippen LogP contribution in [0.4, 0.5) is 0 Å². The van der Waals surface area contributed by atoms with Gasteiger partial charge in [-0.3, -0.25) is 4.79 Å². The SMILES string of the molecule is Cn1cccc1/C=N/NC(=O)c1ccc(Cn2nnc(-c3ccccc3)n2)cc1. The summed E-state index contributed by atoms with van der Waals surface area (Å²) in [5.41, 5.74) is 5.84. The Morgan fingerprint density at radius 1 is 1.07 bits per heavy atom. The molecular weight excluding hydrogens is 366 g/mol. The molecule has 0 atom stereocenters. The first kappa shape index (κ1) is 18.3. The number of carbonyl (C=O) groups is 1. The molecule has 8 heteroatoms. The van der Waals surface area contributed by atoms with E-state index in [9.17, 15) is 4.79 Å². The van der Waals surface area contributed by atoms with Crippen LogP contribution in [-0.4, -0.2) is 36.9 Å². The summed E-state index contributed by atoms with van der Waals surface area (Å²) < 4.78 is 1.91. The largest absolute Gasteiger partial charge is 0.350 e. The number of carbonyl (C=O) groups excluding carboxylic acids is 1. The summed E-state index contributed by atoms with van der Waals surface area (Å²) in [5, 5.41) is 16.6. The van der Waals surface area contributed by atoms with Crippen molar-refractivity contribution >= 4 is 12.1 Å². The Morgan fingerprint density at radius 2 is 1.86 bits per heavy atom. The van der Waals surface area contributed by atoms with E-state index in [0.717, 1.165) is 16.8 Å². The van der Waals surface area contributed by atoms with Crippen molar-refractivity contribution in [1.82, 2.24) is 30.2 Å². The molecule has 2 aromatic heterocycles. The van der Waals surface area contributed by atoms with Gasteiger partial charge in [-0.25, -0.2) is 5.43 Å². The summed E-state index contributed by atoms with van der Waals surface area (Å²) in [6, 6.07) is 20.7. The Morgan fingerprint density at radius 3 is 2.59 bits per heavy atom. The lowest BCUT2D eigenvalue weighted by molar-refractivity contribution is 0.0955. The lowest BCUT2D eigenvalue weighted by Crippen LogP contribution is -2.17. The lowest BCUT2D eigenvalue weighted by atomic mass is 10.1. The second-order valence-corrected chi connectivity index (χ2v) is 6.45. The molecule has 2 aromatic carbocycles. The third kappa shape index (κ3) is 4.44. The molecule has 4 rings (SSSR count). The molecule has 0 saturated carbocycles. The second kappa shape index (κ2) is 8.30. The maximum atomic E-state index is 12.2. The highest BCUT2D eigenvalue weighted by atomic mass is 16.2. The minimum absolute atomic E-state index is 0.271. The summed E-state index contributed by atoms with van der Waals surface area (Å²) in [6.45, 7) is 0.466. The van der Waals surface area contributed by atoms with E-state index in [-0.39, 0.29) is 5.91 Å². The molecule has 0 saturated heterocycles. The van der Waals surface area contributed by atoms with Gasteiger partial charge in [-0.2, -0.15) is 9.90 Å². The van der Waals surface area contributed by atoms with Crippen molar-refractivity contribution in [2.75, 3.05) is 0 Å². The second-order valence-electron chi connectivity index (χ2n) is 6.45. The monoisotopic (exact) mass is 385 g/mol. The average Bonchev–Trinajstić information content (AvgIpc) is 3.38. The number of tetrazole rings is 1. The van der Waals surface area contributed by atoms with Gasteiger partial charge < -0.3 is 4.57 Å². The fourth-order valence-electron chi connectivity index (χ4n) is 2.77. The molecule has 0 aliphatic carbocycles. The van der Waals surface area contributed by atoms with Crippen molar-refractivity contribution in [1.29, 1.82) is 0 Å². The normalized spacial score (nSPS) is 11.1. The molecule has 8 nitrogen and oxygen atoms in total. The first-order valence-electron chi connectivity index (χ1n) is 9.06. The number of benzene rings is 2. The van der Waals surface area contributed by atoms with Gasteiger partial charge in [0.15, 0.2) is 0 Å². The number of hydrogen-bond donors (Lipinski definition) is 1. The Hall–Kier alpha value is -4.07. The molecule has 0 aliphatic heterocycles. The highest BCUT2D eigenvalue weighted by Crippen LogP contribution is 2.12. The van der Waals surface area contributed by atoms with Crippen LogP contribution in [0.2, 0.25) is 0 Å². The van der Waals surface area contributed by atoms with Gasteiger partial charge in [-0.15, -0.1) is 10.2 Å². The van der Waals surface area contributed by atoms with Crippen LogP contribution in [0.3, 0.4) is 0 Å². The van der Waals surface area contributed by atoms with Gasteiger partial charge in [-0.05, 0) is 35.0 Å². The third-order valence-electron chi connectivity index (χ3n) is 4.37. The van der Waals surface area contributed by atoms with Crippen LogP contribution in [0, 0.1) is 0 Å². The van der Waals surface area contributed by atoms with Gasteiger partial charge in [-0.1, -0.05) is 42.5 Å². The fourth-order valence-corrected chi connectivity index (χ4v) is 2.77. The number of amides is 1. The van der Waals surface area contributed by atoms with E-state index < -0.39 is 0 Å². The van der Waals surface area contributed by atoms with Crippen LogP contribution in [0.15, 0.2) is 78.0 Å². The number of aryl methyl sites for hydroxylation is 1. The van der Waals surface area contributed by atoms with E-state index in [1.807, 2.05) is 72.4 Å². The molecule has 0 spiro atoms. The first-order valence-corrected chi connectivity index (χ1v) is 9.06. The summed E-state index contributed by atoms with van der Waals surface area (Å²) in [4.78, 5) is 13.7. The van der Waals surface area contributed by atoms with E-state index >= 15 is 0 Å². The maximum Gasteiger partial charge on any atom is 0.271 e. The molecule has 0 unspecified atom stereocenters. The topological polar surface area (TPSA) is 90.0 Å². The molecule has 29 heavy (non-hydrogen) atoms. The number of nitrogens with zero attached hydrogens (tertiary/aromatic N) is 6. The predicted molar refractivity (Wildman–Crippen MR) is 109 cm³/mol. The standard InChI is InChI=1S/C21H19N7O/c1-27-13-5-8-19(27)14-22-24-21(29)18-11-9-16(10-12-18)15-28-25-20(23-26-28)17-6-3-2-4-7-17/h2-14H,15H2,1H3,(H,24,29)/b22-14+. The lowest BCUT2D eigenvalue weighted by Gasteiger charge is -2.03. The maximum absolute atomic E-state index is 12.2. The van der Waals surface area contributed by atoms with Crippen LogP contribution < -0.4 is 5.43 Å². The fraction of sp³-hybridized carbons (Fsp3) is 0.0952. The van der Waals surface area contributed by atoms with E-state index in [1.165, 1.54) is 4.80 Å². The van der Waals surface area contributed by atoms with Gasteiger partial charge in [0.1, 0.15) is 0 Å². The molecule has 2 heterocycles. The number of rotatable bonds is 6. The number of hydrogen-bond acceptors (Lipinski definition) is 5. The van der Waals surface area contributed by atoms with Gasteiger partial charge >= 0.3 is 0 Å². The third-order valence-corrected chi connectivity index (χ3v) is 4.37. The molecular formula is C21H19N7O. The van der Waals surface area contributed by atoms with Crippen molar-refractivity contribution in [3.05, 3.63) is 89.7 Å². The van der Waals surface area contributed by atoms with E-state index in [0.29, 0.717) is 17.9 Å². The molecule has 0 radical (unpaired) electrons. The Balaban J connectivity index is 1.37. The average molecular weight is 385 g/mol. The van der Waals surface area contributed by atoms with Crippen LogP contribution >= 0.6 is 0 Å². The van der Waals surface area contributed by atoms with Gasteiger partial charge in [0, 0.05) is 24.4 Å². The minimum Gasteiger partial charge on any atom is -0.350 e. The van der Waals surface area contributed by atoms with E-state index in [1.54, 1.807) is 18.3 Å². The van der Waals surface area contributed by atoms with Gasteiger partial charge in [0.05, 0.1) is 18.5 Å². The summed E-state index contributed by atoms with van der Waals surface area (Å²) >= 11 is 0. The van der Waals surface area contributed by atoms with Crippen molar-refractivity contribution in [3.63, 3.8) is 0 Å². The van der Waals surface area contributed by atoms with Crippen LogP contribution in [0.1, 0.15) is 21.6 Å². The highest BCUT2D eigenvalue weighted by molar-refractivity contribution is 5.94. The molecule has 4 aromatic rings. The van der Waals surface area contributed by atoms with Crippen LogP contribution in [0.5, 0.6) is 0 Å². The molecule has 0 aliphatic rings. The minimum atomic E-state index is -0.271. The van der Waals surface area contributed by atoms with Gasteiger partial charge in [0.2, 0.25) is 5.82 Å². The molecule has 0 bridgehead atoms. The number of hydrazone groups is 1. The summed E-state index contributed by atoms with van der Waals surface area (Å²) in [7, 11) is 1.91. The first-order chi connectivity index (χ1) is 14.2. The van der Waals surface area contributed by atoms with E-state index in [4.69, 9.17) is 0 Å².